The molecule has 3 N–H and O–H groups in total. The van der Waals surface area contributed by atoms with Crippen molar-refractivity contribution in [3.63, 3.8) is 0 Å². The third-order valence-electron chi connectivity index (χ3n) is 2.67. The standard InChI is InChI=1S/C11H22N2O2.ClH/c12-7-6-11(14)13-8-3-9-15-10-4-1-2-5-10;/h10H,1-9,12H2,(H,13,14);1H. The molecular weight excluding hydrogens is 228 g/mol. The van der Waals surface area contributed by atoms with Crippen LogP contribution in [-0.4, -0.2) is 31.7 Å². The smallest absolute Gasteiger partial charge is 0.221 e. The summed E-state index contributed by atoms with van der Waals surface area (Å²) in [6.45, 7) is 1.88. The minimum absolute atomic E-state index is 0. The van der Waals surface area contributed by atoms with Crippen LogP contribution in [0, 0.1) is 0 Å². The van der Waals surface area contributed by atoms with Crippen molar-refractivity contribution in [3.05, 3.63) is 0 Å². The summed E-state index contributed by atoms with van der Waals surface area (Å²) in [6.07, 6.45) is 6.82. The van der Waals surface area contributed by atoms with Gasteiger partial charge in [-0.2, -0.15) is 0 Å². The summed E-state index contributed by atoms with van der Waals surface area (Å²) < 4.78 is 5.67. The topological polar surface area (TPSA) is 64.4 Å². The highest BCUT2D eigenvalue weighted by Gasteiger charge is 2.14. The molecule has 0 heterocycles. The first-order chi connectivity index (χ1) is 7.33. The predicted molar refractivity (Wildman–Crippen MR) is 66.8 cm³/mol. The Morgan fingerprint density at radius 1 is 1.38 bits per heavy atom. The molecule has 4 nitrogen and oxygen atoms in total. The van der Waals surface area contributed by atoms with Crippen LogP contribution in [0.5, 0.6) is 0 Å². The number of rotatable bonds is 7. The first kappa shape index (κ1) is 15.7. The Hall–Kier alpha value is -0.320. The van der Waals surface area contributed by atoms with E-state index in [9.17, 15) is 4.79 Å². The predicted octanol–water partition coefficient (Wildman–Crippen LogP) is 1.22. The van der Waals surface area contributed by atoms with E-state index in [0.717, 1.165) is 13.0 Å². The van der Waals surface area contributed by atoms with Crippen molar-refractivity contribution >= 4 is 18.3 Å². The van der Waals surface area contributed by atoms with Crippen LogP contribution in [0.3, 0.4) is 0 Å². The summed E-state index contributed by atoms with van der Waals surface area (Å²) in [6, 6.07) is 0. The van der Waals surface area contributed by atoms with E-state index in [1.165, 1.54) is 25.7 Å². The molecule has 96 valence electrons. The Morgan fingerprint density at radius 3 is 2.69 bits per heavy atom. The van der Waals surface area contributed by atoms with E-state index in [2.05, 4.69) is 5.32 Å². The molecule has 0 spiro atoms. The van der Waals surface area contributed by atoms with Crippen LogP contribution >= 0.6 is 12.4 Å². The molecule has 5 heteroatoms. The average molecular weight is 251 g/mol. The van der Waals surface area contributed by atoms with E-state index in [-0.39, 0.29) is 18.3 Å². The van der Waals surface area contributed by atoms with E-state index >= 15 is 0 Å². The third-order valence-corrected chi connectivity index (χ3v) is 2.67. The quantitative estimate of drug-likeness (QED) is 0.668. The zero-order chi connectivity index (χ0) is 10.9. The number of hydrogen-bond donors (Lipinski definition) is 2. The molecule has 0 unspecified atom stereocenters. The Labute approximate surface area is 104 Å². The maximum Gasteiger partial charge on any atom is 0.221 e. The zero-order valence-electron chi connectivity index (χ0n) is 9.74. The molecule has 1 saturated carbocycles. The Kier molecular flexibility index (Phi) is 9.68. The van der Waals surface area contributed by atoms with Gasteiger partial charge in [-0.3, -0.25) is 4.79 Å². The molecule has 0 radical (unpaired) electrons. The van der Waals surface area contributed by atoms with Gasteiger partial charge in [-0.15, -0.1) is 12.4 Å². The number of halogens is 1. The zero-order valence-corrected chi connectivity index (χ0v) is 10.6. The van der Waals surface area contributed by atoms with Crippen molar-refractivity contribution in [2.45, 2.75) is 44.6 Å². The van der Waals surface area contributed by atoms with Crippen LogP contribution in [0.1, 0.15) is 38.5 Å². The molecule has 0 aliphatic heterocycles. The van der Waals surface area contributed by atoms with Gasteiger partial charge in [-0.05, 0) is 19.3 Å². The van der Waals surface area contributed by atoms with Crippen LogP contribution in [-0.2, 0) is 9.53 Å². The van der Waals surface area contributed by atoms with Crippen molar-refractivity contribution in [2.24, 2.45) is 5.73 Å². The van der Waals surface area contributed by atoms with E-state index in [0.29, 0.717) is 25.6 Å². The van der Waals surface area contributed by atoms with E-state index in [1.807, 2.05) is 0 Å². The molecule has 0 saturated heterocycles. The lowest BCUT2D eigenvalue weighted by Gasteiger charge is -2.10. The number of amides is 1. The van der Waals surface area contributed by atoms with E-state index in [1.54, 1.807) is 0 Å². The van der Waals surface area contributed by atoms with Crippen molar-refractivity contribution in [1.82, 2.24) is 5.32 Å². The van der Waals surface area contributed by atoms with Gasteiger partial charge in [0.05, 0.1) is 6.10 Å². The molecule has 1 rings (SSSR count). The van der Waals surface area contributed by atoms with Crippen molar-refractivity contribution in [3.8, 4) is 0 Å². The van der Waals surface area contributed by atoms with Crippen molar-refractivity contribution < 1.29 is 9.53 Å². The number of carbonyl (C=O) groups excluding carboxylic acids is 1. The third kappa shape index (κ3) is 7.04. The normalized spacial score (nSPS) is 15.8. The summed E-state index contributed by atoms with van der Waals surface area (Å²) in [5, 5.41) is 2.81. The first-order valence-electron chi connectivity index (χ1n) is 5.91. The van der Waals surface area contributed by atoms with Gasteiger partial charge in [0.2, 0.25) is 5.91 Å². The summed E-state index contributed by atoms with van der Waals surface area (Å²) in [7, 11) is 0. The highest BCUT2D eigenvalue weighted by atomic mass is 35.5. The SMILES string of the molecule is Cl.NCCC(=O)NCCCOC1CCCC1. The van der Waals surface area contributed by atoms with Gasteiger partial charge in [0, 0.05) is 26.1 Å². The molecule has 1 amide bonds. The number of nitrogens with one attached hydrogen (secondary N) is 1. The Bertz CT molecular complexity index is 185. The van der Waals surface area contributed by atoms with Crippen LogP contribution in [0.25, 0.3) is 0 Å². The molecule has 0 aromatic carbocycles. The molecule has 16 heavy (non-hydrogen) atoms. The van der Waals surface area contributed by atoms with Gasteiger partial charge >= 0.3 is 0 Å². The number of ether oxygens (including phenoxy) is 1. The lowest BCUT2D eigenvalue weighted by Crippen LogP contribution is -2.27. The lowest BCUT2D eigenvalue weighted by atomic mass is 10.3. The fourth-order valence-corrected chi connectivity index (χ4v) is 1.82. The van der Waals surface area contributed by atoms with Crippen LogP contribution in [0.2, 0.25) is 0 Å². The molecule has 1 aliphatic carbocycles. The summed E-state index contributed by atoms with van der Waals surface area (Å²) >= 11 is 0. The van der Waals surface area contributed by atoms with Crippen molar-refractivity contribution in [1.29, 1.82) is 0 Å². The van der Waals surface area contributed by atoms with Gasteiger partial charge in [-0.1, -0.05) is 12.8 Å². The highest BCUT2D eigenvalue weighted by Crippen LogP contribution is 2.20. The fraction of sp³-hybridized carbons (Fsp3) is 0.909. The second-order valence-corrected chi connectivity index (χ2v) is 4.02. The second-order valence-electron chi connectivity index (χ2n) is 4.02. The molecule has 0 aromatic rings. The average Bonchev–Trinajstić information content (AvgIpc) is 2.70. The minimum atomic E-state index is 0. The van der Waals surface area contributed by atoms with E-state index < -0.39 is 0 Å². The Balaban J connectivity index is 0.00000225. The Morgan fingerprint density at radius 2 is 2.06 bits per heavy atom. The van der Waals surface area contributed by atoms with Crippen LogP contribution < -0.4 is 11.1 Å². The van der Waals surface area contributed by atoms with Gasteiger partial charge in [0.1, 0.15) is 0 Å². The monoisotopic (exact) mass is 250 g/mol. The summed E-state index contributed by atoms with van der Waals surface area (Å²) in [4.78, 5) is 11.0. The van der Waals surface area contributed by atoms with Gasteiger partial charge in [-0.25, -0.2) is 0 Å². The molecule has 1 fully saturated rings. The van der Waals surface area contributed by atoms with Gasteiger partial charge in [0.25, 0.3) is 0 Å². The largest absolute Gasteiger partial charge is 0.378 e. The van der Waals surface area contributed by atoms with Crippen molar-refractivity contribution in [2.75, 3.05) is 19.7 Å². The molecule has 0 bridgehead atoms. The number of carbonyl (C=O) groups is 1. The minimum Gasteiger partial charge on any atom is -0.378 e. The van der Waals surface area contributed by atoms with Crippen LogP contribution in [0.4, 0.5) is 0 Å². The lowest BCUT2D eigenvalue weighted by molar-refractivity contribution is -0.120. The molecular formula is C11H23ClN2O2. The first-order valence-corrected chi connectivity index (χ1v) is 5.91. The fourth-order valence-electron chi connectivity index (χ4n) is 1.82. The van der Waals surface area contributed by atoms with E-state index in [4.69, 9.17) is 10.5 Å². The van der Waals surface area contributed by atoms with Gasteiger partial charge < -0.3 is 15.8 Å². The summed E-state index contributed by atoms with van der Waals surface area (Å²) in [5.74, 6) is 0.0402. The van der Waals surface area contributed by atoms with Crippen LogP contribution in [0.15, 0.2) is 0 Å². The maximum absolute atomic E-state index is 11.0. The maximum atomic E-state index is 11.0. The molecule has 1 aliphatic rings. The number of nitrogens with two attached hydrogens (primary N) is 1. The van der Waals surface area contributed by atoms with Gasteiger partial charge in [0.15, 0.2) is 0 Å². The number of hydrogen-bond acceptors (Lipinski definition) is 3. The molecule has 0 aromatic heterocycles. The molecule has 0 atom stereocenters. The highest BCUT2D eigenvalue weighted by molar-refractivity contribution is 5.85. The summed E-state index contributed by atoms with van der Waals surface area (Å²) in [5.41, 5.74) is 5.26. The second kappa shape index (κ2) is 9.87.